The number of rotatable bonds is 2. The second-order valence-corrected chi connectivity index (χ2v) is 3.34. The fourth-order valence-electron chi connectivity index (χ4n) is 0.952. The van der Waals surface area contributed by atoms with E-state index in [9.17, 15) is 4.79 Å². The monoisotopic (exact) mass is 205 g/mol. The standard InChI is InChI=1S/C8H9Cl2NO/c1-2-3-7-5(9)4-6(10)8(12)11-7/h4H,2-3H2,1H3,(H,11,12). The molecule has 0 atom stereocenters. The molecule has 1 heterocycles. The van der Waals surface area contributed by atoms with E-state index in [-0.39, 0.29) is 10.6 Å². The van der Waals surface area contributed by atoms with Crippen LogP contribution in [0, 0.1) is 0 Å². The molecule has 2 nitrogen and oxygen atoms in total. The molecular formula is C8H9Cl2NO. The van der Waals surface area contributed by atoms with Gasteiger partial charge in [0.1, 0.15) is 5.02 Å². The van der Waals surface area contributed by atoms with Gasteiger partial charge in [-0.3, -0.25) is 4.79 Å². The first-order valence-electron chi connectivity index (χ1n) is 3.72. The van der Waals surface area contributed by atoms with Crippen LogP contribution in [0.25, 0.3) is 0 Å². The molecule has 1 aromatic rings. The van der Waals surface area contributed by atoms with Crippen LogP contribution in [0.2, 0.25) is 10.0 Å². The predicted octanol–water partition coefficient (Wildman–Crippen LogP) is 2.63. The average Bonchev–Trinajstić information content (AvgIpc) is 2.01. The van der Waals surface area contributed by atoms with Crippen LogP contribution in [0.5, 0.6) is 0 Å². The first kappa shape index (κ1) is 9.62. The minimum atomic E-state index is -0.274. The van der Waals surface area contributed by atoms with E-state index < -0.39 is 0 Å². The molecule has 0 bridgehead atoms. The highest BCUT2D eigenvalue weighted by molar-refractivity contribution is 6.34. The smallest absolute Gasteiger partial charge is 0.267 e. The maximum Gasteiger partial charge on any atom is 0.267 e. The molecule has 12 heavy (non-hydrogen) atoms. The number of aromatic nitrogens is 1. The fourth-order valence-corrected chi connectivity index (χ4v) is 1.42. The highest BCUT2D eigenvalue weighted by atomic mass is 35.5. The van der Waals surface area contributed by atoms with Gasteiger partial charge in [-0.1, -0.05) is 36.5 Å². The molecule has 0 fully saturated rings. The summed E-state index contributed by atoms with van der Waals surface area (Å²) in [6.45, 7) is 2.02. The number of aromatic amines is 1. The summed E-state index contributed by atoms with van der Waals surface area (Å²) >= 11 is 11.4. The van der Waals surface area contributed by atoms with E-state index in [0.717, 1.165) is 18.5 Å². The summed E-state index contributed by atoms with van der Waals surface area (Å²) in [6.07, 6.45) is 1.71. The maximum absolute atomic E-state index is 11.0. The van der Waals surface area contributed by atoms with Gasteiger partial charge in [0.05, 0.1) is 5.02 Å². The van der Waals surface area contributed by atoms with Crippen molar-refractivity contribution in [1.29, 1.82) is 0 Å². The first-order valence-corrected chi connectivity index (χ1v) is 4.48. The molecule has 1 rings (SSSR count). The lowest BCUT2D eigenvalue weighted by Gasteiger charge is -2.01. The van der Waals surface area contributed by atoms with Gasteiger partial charge < -0.3 is 4.98 Å². The summed E-state index contributed by atoms with van der Waals surface area (Å²) in [5, 5.41) is 0.668. The lowest BCUT2D eigenvalue weighted by atomic mass is 10.2. The highest BCUT2D eigenvalue weighted by Crippen LogP contribution is 2.16. The van der Waals surface area contributed by atoms with Crippen LogP contribution in [-0.4, -0.2) is 4.98 Å². The maximum atomic E-state index is 11.0. The van der Waals surface area contributed by atoms with Crippen LogP contribution >= 0.6 is 23.2 Å². The lowest BCUT2D eigenvalue weighted by Crippen LogP contribution is -2.09. The molecule has 66 valence electrons. The molecule has 0 saturated heterocycles. The normalized spacial score (nSPS) is 10.2. The van der Waals surface area contributed by atoms with Gasteiger partial charge in [-0.15, -0.1) is 0 Å². The van der Waals surface area contributed by atoms with E-state index >= 15 is 0 Å². The molecule has 4 heteroatoms. The zero-order chi connectivity index (χ0) is 9.14. The van der Waals surface area contributed by atoms with Gasteiger partial charge in [-0.2, -0.15) is 0 Å². The molecule has 1 N–H and O–H groups in total. The van der Waals surface area contributed by atoms with Crippen molar-refractivity contribution in [3.63, 3.8) is 0 Å². The number of nitrogens with one attached hydrogen (secondary N) is 1. The van der Waals surface area contributed by atoms with Gasteiger partial charge in [0.15, 0.2) is 0 Å². The van der Waals surface area contributed by atoms with Crippen LogP contribution in [0.3, 0.4) is 0 Å². The summed E-state index contributed by atoms with van der Waals surface area (Å²) in [7, 11) is 0. The van der Waals surface area contributed by atoms with Crippen molar-refractivity contribution < 1.29 is 0 Å². The van der Waals surface area contributed by atoms with Crippen LogP contribution < -0.4 is 5.56 Å². The fraction of sp³-hybridized carbons (Fsp3) is 0.375. The summed E-state index contributed by atoms with van der Waals surface area (Å²) in [5.74, 6) is 0. The Bertz CT molecular complexity index is 332. The topological polar surface area (TPSA) is 32.9 Å². The molecule has 0 radical (unpaired) electrons. The van der Waals surface area contributed by atoms with Crippen molar-refractivity contribution in [1.82, 2.24) is 4.98 Å². The van der Waals surface area contributed by atoms with Crippen molar-refractivity contribution >= 4 is 23.2 Å². The van der Waals surface area contributed by atoms with Crippen LogP contribution in [0.4, 0.5) is 0 Å². The molecule has 0 spiro atoms. The van der Waals surface area contributed by atoms with Crippen molar-refractivity contribution in [2.45, 2.75) is 19.8 Å². The van der Waals surface area contributed by atoms with Crippen LogP contribution in [-0.2, 0) is 6.42 Å². The van der Waals surface area contributed by atoms with Crippen molar-refractivity contribution in [3.05, 3.63) is 32.2 Å². The number of hydrogen-bond donors (Lipinski definition) is 1. The molecule has 1 aromatic heterocycles. The largest absolute Gasteiger partial charge is 0.323 e. The molecule has 0 saturated carbocycles. The third-order valence-electron chi connectivity index (χ3n) is 1.52. The van der Waals surface area contributed by atoms with Crippen LogP contribution in [0.15, 0.2) is 10.9 Å². The van der Waals surface area contributed by atoms with Crippen LogP contribution in [0.1, 0.15) is 19.0 Å². The van der Waals surface area contributed by atoms with E-state index in [4.69, 9.17) is 23.2 Å². The Morgan fingerprint density at radius 3 is 2.67 bits per heavy atom. The second kappa shape index (κ2) is 3.97. The van der Waals surface area contributed by atoms with E-state index in [1.54, 1.807) is 0 Å². The molecule has 0 aliphatic carbocycles. The Morgan fingerprint density at radius 1 is 1.42 bits per heavy atom. The minimum Gasteiger partial charge on any atom is -0.323 e. The lowest BCUT2D eigenvalue weighted by molar-refractivity contribution is 0.875. The first-order chi connectivity index (χ1) is 5.65. The molecule has 0 amide bonds. The number of aryl methyl sites for hydroxylation is 1. The molecule has 0 aliphatic rings. The van der Waals surface area contributed by atoms with E-state index in [1.807, 2.05) is 6.92 Å². The van der Waals surface area contributed by atoms with Crippen molar-refractivity contribution in [2.24, 2.45) is 0 Å². The second-order valence-electron chi connectivity index (χ2n) is 2.52. The van der Waals surface area contributed by atoms with Gasteiger partial charge in [0.2, 0.25) is 0 Å². The summed E-state index contributed by atoms with van der Waals surface area (Å²) in [5.41, 5.74) is 0.484. The Labute approximate surface area is 80.5 Å². The molecule has 0 aromatic carbocycles. The van der Waals surface area contributed by atoms with Gasteiger partial charge in [0, 0.05) is 5.69 Å². The van der Waals surface area contributed by atoms with Gasteiger partial charge in [-0.05, 0) is 12.5 Å². The summed E-state index contributed by atoms with van der Waals surface area (Å²) in [4.78, 5) is 13.6. The quantitative estimate of drug-likeness (QED) is 0.792. The van der Waals surface area contributed by atoms with E-state index in [2.05, 4.69) is 4.98 Å². The average molecular weight is 206 g/mol. The number of H-pyrrole nitrogens is 1. The van der Waals surface area contributed by atoms with Crippen molar-refractivity contribution in [2.75, 3.05) is 0 Å². The third-order valence-corrected chi connectivity index (χ3v) is 2.14. The van der Waals surface area contributed by atoms with Gasteiger partial charge in [-0.25, -0.2) is 0 Å². The summed E-state index contributed by atoms with van der Waals surface area (Å²) in [6, 6.07) is 1.48. The number of pyridine rings is 1. The molecule has 0 aliphatic heterocycles. The highest BCUT2D eigenvalue weighted by Gasteiger charge is 2.03. The minimum absolute atomic E-state index is 0.139. The van der Waals surface area contributed by atoms with Gasteiger partial charge >= 0.3 is 0 Å². The Hall–Kier alpha value is -0.470. The Balaban J connectivity index is 3.14. The number of hydrogen-bond acceptors (Lipinski definition) is 1. The summed E-state index contributed by atoms with van der Waals surface area (Å²) < 4.78 is 0. The predicted molar refractivity (Wildman–Crippen MR) is 51.1 cm³/mol. The SMILES string of the molecule is CCCc1[nH]c(=O)c(Cl)cc1Cl. The van der Waals surface area contributed by atoms with Gasteiger partial charge in [0.25, 0.3) is 5.56 Å². The van der Waals surface area contributed by atoms with E-state index in [1.165, 1.54) is 6.07 Å². The molecule has 0 unspecified atom stereocenters. The van der Waals surface area contributed by atoms with E-state index in [0.29, 0.717) is 5.02 Å². The Morgan fingerprint density at radius 2 is 2.08 bits per heavy atom. The third kappa shape index (κ3) is 2.02. The zero-order valence-corrected chi connectivity index (χ0v) is 8.17. The Kier molecular flexibility index (Phi) is 3.18. The zero-order valence-electron chi connectivity index (χ0n) is 6.66. The molecular weight excluding hydrogens is 197 g/mol. The number of halogens is 2. The van der Waals surface area contributed by atoms with Crippen molar-refractivity contribution in [3.8, 4) is 0 Å².